The molecule has 3 rings (SSSR count). The minimum atomic E-state index is 0.198. The van der Waals surface area contributed by atoms with E-state index >= 15 is 0 Å². The smallest absolute Gasteiger partial charge is 0.178 e. The maximum Gasteiger partial charge on any atom is 0.178 e. The molecule has 0 spiro atoms. The largest absolute Gasteiger partial charge is 0.497 e. The number of Topliss-reactive ketones (excluding diaryl/α,β-unsaturated/α-hetero) is 1. The Hall–Kier alpha value is -2.31. The van der Waals surface area contributed by atoms with E-state index in [1.807, 2.05) is 25.1 Å². The molecule has 0 N–H and O–H groups in total. The van der Waals surface area contributed by atoms with Crippen molar-refractivity contribution in [2.75, 3.05) is 58.5 Å². The van der Waals surface area contributed by atoms with Gasteiger partial charge in [-0.1, -0.05) is 6.07 Å². The molecule has 1 aromatic carbocycles. The van der Waals surface area contributed by atoms with Crippen molar-refractivity contribution in [3.63, 3.8) is 0 Å². The van der Waals surface area contributed by atoms with Crippen LogP contribution in [0.15, 0.2) is 30.3 Å². The highest BCUT2D eigenvalue weighted by Crippen LogP contribution is 2.23. The topological polar surface area (TPSA) is 46.9 Å². The number of methoxy groups -OCH3 is 2. The van der Waals surface area contributed by atoms with E-state index in [4.69, 9.17) is 9.47 Å². The van der Waals surface area contributed by atoms with Crippen molar-refractivity contribution in [1.29, 1.82) is 0 Å². The van der Waals surface area contributed by atoms with Gasteiger partial charge in [-0.25, -0.2) is 0 Å². The first-order chi connectivity index (χ1) is 13.9. The summed E-state index contributed by atoms with van der Waals surface area (Å²) in [6.45, 7) is 10.9. The van der Waals surface area contributed by atoms with Gasteiger partial charge in [0.1, 0.15) is 5.75 Å². The van der Waals surface area contributed by atoms with Gasteiger partial charge >= 0.3 is 0 Å². The zero-order valence-corrected chi connectivity index (χ0v) is 18.3. The molecule has 1 aliphatic heterocycles. The van der Waals surface area contributed by atoms with Crippen molar-refractivity contribution >= 4 is 11.5 Å². The van der Waals surface area contributed by atoms with E-state index < -0.39 is 0 Å². The Morgan fingerprint density at radius 1 is 1.10 bits per heavy atom. The lowest BCUT2D eigenvalue weighted by atomic mass is 10.1. The molecule has 1 aliphatic rings. The third-order valence-corrected chi connectivity index (χ3v) is 5.79. The molecule has 0 aliphatic carbocycles. The number of ether oxygens (including phenoxy) is 2. The Labute approximate surface area is 174 Å². The summed E-state index contributed by atoms with van der Waals surface area (Å²) < 4.78 is 12.8. The van der Waals surface area contributed by atoms with Crippen molar-refractivity contribution in [3.8, 4) is 5.75 Å². The van der Waals surface area contributed by atoms with Gasteiger partial charge < -0.3 is 18.9 Å². The minimum Gasteiger partial charge on any atom is -0.497 e. The van der Waals surface area contributed by atoms with Crippen LogP contribution in [0.4, 0.5) is 5.69 Å². The lowest BCUT2D eigenvalue weighted by Gasteiger charge is -2.35. The molecule has 29 heavy (non-hydrogen) atoms. The van der Waals surface area contributed by atoms with E-state index in [9.17, 15) is 4.79 Å². The number of anilines is 1. The highest BCUT2D eigenvalue weighted by atomic mass is 16.5. The number of rotatable bonds is 8. The zero-order valence-electron chi connectivity index (χ0n) is 18.3. The second-order valence-corrected chi connectivity index (χ2v) is 7.85. The van der Waals surface area contributed by atoms with Crippen LogP contribution in [0.5, 0.6) is 5.75 Å². The fourth-order valence-corrected chi connectivity index (χ4v) is 4.31. The predicted molar refractivity (Wildman–Crippen MR) is 116 cm³/mol. The van der Waals surface area contributed by atoms with Gasteiger partial charge in [-0.3, -0.25) is 9.69 Å². The number of aromatic nitrogens is 1. The van der Waals surface area contributed by atoms with Crippen LogP contribution in [0.1, 0.15) is 34.7 Å². The van der Waals surface area contributed by atoms with Gasteiger partial charge in [-0.2, -0.15) is 0 Å². The van der Waals surface area contributed by atoms with Gasteiger partial charge in [0, 0.05) is 62.0 Å². The molecule has 1 fully saturated rings. The van der Waals surface area contributed by atoms with Crippen LogP contribution in [-0.2, 0) is 4.74 Å². The summed E-state index contributed by atoms with van der Waals surface area (Å²) in [5.74, 6) is 1.07. The van der Waals surface area contributed by atoms with E-state index in [1.54, 1.807) is 14.2 Å². The van der Waals surface area contributed by atoms with Crippen LogP contribution >= 0.6 is 0 Å². The molecule has 2 heterocycles. The molecular formula is C23H33N3O3. The van der Waals surface area contributed by atoms with Gasteiger partial charge in [-0.15, -0.1) is 0 Å². The Morgan fingerprint density at radius 3 is 2.48 bits per heavy atom. The van der Waals surface area contributed by atoms with E-state index in [-0.39, 0.29) is 11.8 Å². The number of nitrogens with zero attached hydrogens (tertiary/aromatic N) is 3. The van der Waals surface area contributed by atoms with Crippen molar-refractivity contribution < 1.29 is 14.3 Å². The summed E-state index contributed by atoms with van der Waals surface area (Å²) in [7, 11) is 3.40. The predicted octanol–water partition coefficient (Wildman–Crippen LogP) is 3.33. The van der Waals surface area contributed by atoms with Crippen molar-refractivity contribution in [2.24, 2.45) is 0 Å². The molecule has 0 bridgehead atoms. The highest BCUT2D eigenvalue weighted by Gasteiger charge is 2.23. The zero-order chi connectivity index (χ0) is 21.0. The van der Waals surface area contributed by atoms with Crippen LogP contribution < -0.4 is 9.64 Å². The maximum absolute atomic E-state index is 13.0. The highest BCUT2D eigenvalue weighted by molar-refractivity contribution is 5.99. The first-order valence-electron chi connectivity index (χ1n) is 10.3. The van der Waals surface area contributed by atoms with E-state index in [0.29, 0.717) is 13.2 Å². The fourth-order valence-electron chi connectivity index (χ4n) is 4.31. The van der Waals surface area contributed by atoms with Gasteiger partial charge in [0.2, 0.25) is 0 Å². The number of benzene rings is 1. The first-order valence-corrected chi connectivity index (χ1v) is 10.3. The fraction of sp³-hybridized carbons (Fsp3) is 0.522. The molecule has 1 saturated heterocycles. The number of hydrogen-bond acceptors (Lipinski definition) is 5. The second kappa shape index (κ2) is 9.46. The average molecular weight is 400 g/mol. The summed E-state index contributed by atoms with van der Waals surface area (Å²) in [6.07, 6.45) is 0. The van der Waals surface area contributed by atoms with Crippen molar-refractivity contribution in [2.45, 2.75) is 26.8 Å². The monoisotopic (exact) mass is 399 g/mol. The van der Waals surface area contributed by atoms with Crippen LogP contribution in [0.3, 0.4) is 0 Å². The van der Waals surface area contributed by atoms with Gasteiger partial charge in [0.25, 0.3) is 0 Å². The molecule has 2 aromatic rings. The molecule has 0 radical (unpaired) electrons. The molecule has 6 nitrogen and oxygen atoms in total. The average Bonchev–Trinajstić information content (AvgIpc) is 3.03. The third kappa shape index (κ3) is 4.82. The van der Waals surface area contributed by atoms with E-state index in [1.165, 1.54) is 5.69 Å². The minimum absolute atomic E-state index is 0.198. The van der Waals surface area contributed by atoms with Gasteiger partial charge in [0.15, 0.2) is 5.78 Å². The number of hydrogen-bond donors (Lipinski definition) is 0. The Morgan fingerprint density at radius 2 is 1.83 bits per heavy atom. The van der Waals surface area contributed by atoms with E-state index in [2.05, 4.69) is 40.3 Å². The number of piperazine rings is 1. The van der Waals surface area contributed by atoms with Gasteiger partial charge in [-0.05, 0) is 39.0 Å². The van der Waals surface area contributed by atoms with Crippen LogP contribution in [-0.4, -0.2) is 68.8 Å². The van der Waals surface area contributed by atoms with E-state index in [0.717, 1.165) is 48.9 Å². The standard InChI is InChI=1S/C23H33N3O3/c1-17-13-22(19(3)26(17)18(2)16-28-4)23(27)15-24-9-11-25(12-10-24)20-7-6-8-21(14-20)29-5/h6-8,13-14,18H,9-12,15-16H2,1-5H3/t18-/m0/s1. The molecule has 0 amide bonds. The Bertz CT molecular complexity index is 838. The maximum atomic E-state index is 13.0. The molecule has 158 valence electrons. The lowest BCUT2D eigenvalue weighted by Crippen LogP contribution is -2.48. The lowest BCUT2D eigenvalue weighted by molar-refractivity contribution is 0.0925. The summed E-state index contributed by atoms with van der Waals surface area (Å²) in [6, 6.07) is 10.4. The second-order valence-electron chi connectivity index (χ2n) is 7.85. The number of carbonyl (C=O) groups excluding carboxylic acids is 1. The number of aryl methyl sites for hydroxylation is 1. The number of carbonyl (C=O) groups is 1. The molecule has 1 atom stereocenters. The summed E-state index contributed by atoms with van der Waals surface area (Å²) in [4.78, 5) is 17.6. The van der Waals surface area contributed by atoms with Crippen LogP contribution in [0.2, 0.25) is 0 Å². The summed E-state index contributed by atoms with van der Waals surface area (Å²) >= 11 is 0. The van der Waals surface area contributed by atoms with Crippen molar-refractivity contribution in [3.05, 3.63) is 47.3 Å². The molecular weight excluding hydrogens is 366 g/mol. The Balaban J connectivity index is 1.61. The third-order valence-electron chi connectivity index (χ3n) is 5.79. The summed E-state index contributed by atoms with van der Waals surface area (Å²) in [5, 5.41) is 0. The summed E-state index contributed by atoms with van der Waals surface area (Å²) in [5.41, 5.74) is 4.15. The molecule has 0 unspecified atom stereocenters. The first kappa shape index (κ1) is 21.4. The number of ketones is 1. The molecule has 0 saturated carbocycles. The molecule has 1 aromatic heterocycles. The quantitative estimate of drug-likeness (QED) is 0.637. The van der Waals surface area contributed by atoms with Crippen molar-refractivity contribution in [1.82, 2.24) is 9.47 Å². The normalized spacial score (nSPS) is 16.1. The van der Waals surface area contributed by atoms with Crippen LogP contribution in [0.25, 0.3) is 0 Å². The van der Waals surface area contributed by atoms with Crippen LogP contribution in [0, 0.1) is 13.8 Å². The molecule has 6 heteroatoms. The Kier molecular flexibility index (Phi) is 6.98. The SMILES string of the molecule is COC[C@H](C)n1c(C)cc(C(=O)CN2CCN(c3cccc(OC)c3)CC2)c1C. The van der Waals surface area contributed by atoms with Gasteiger partial charge in [0.05, 0.1) is 26.3 Å².